The van der Waals surface area contributed by atoms with Crippen LogP contribution in [-0.2, 0) is 23.7 Å². The summed E-state index contributed by atoms with van der Waals surface area (Å²) in [5.74, 6) is -1.24. The van der Waals surface area contributed by atoms with Gasteiger partial charge in [-0.2, -0.15) is 0 Å². The van der Waals surface area contributed by atoms with Crippen molar-refractivity contribution in [3.63, 3.8) is 0 Å². The summed E-state index contributed by atoms with van der Waals surface area (Å²) in [6, 6.07) is 3.70. The van der Waals surface area contributed by atoms with E-state index in [1.807, 2.05) is 13.8 Å². The van der Waals surface area contributed by atoms with Crippen LogP contribution in [0.1, 0.15) is 57.6 Å². The SMILES string of the molecule is CCCSc1nc(N[C@@H]2C[C@H]2c2ccc(F)c(F)c2)c2nnn([C@@H]3C[C@H](OCC(=O)N4CCOCC4)[C@H]4OC(C)(C)O[C@H]43)c2n1. The number of nitrogens with one attached hydrogen (secondary N) is 1. The zero-order chi connectivity index (χ0) is 31.3. The molecule has 1 amide bonds. The summed E-state index contributed by atoms with van der Waals surface area (Å²) in [6.07, 6.45) is 0.985. The number of carbonyl (C=O) groups is 1. The summed E-state index contributed by atoms with van der Waals surface area (Å²) in [6.45, 7) is 7.91. The normalized spacial score (nSPS) is 28.9. The minimum Gasteiger partial charge on any atom is -0.378 e. The lowest BCUT2D eigenvalue weighted by Crippen LogP contribution is -2.43. The number of carbonyl (C=O) groups excluding carboxylic acids is 1. The van der Waals surface area contributed by atoms with E-state index in [0.29, 0.717) is 54.9 Å². The molecule has 45 heavy (non-hydrogen) atoms. The van der Waals surface area contributed by atoms with E-state index in [0.717, 1.165) is 30.2 Å². The number of amides is 1. The van der Waals surface area contributed by atoms with Crippen LogP contribution in [0, 0.1) is 11.6 Å². The van der Waals surface area contributed by atoms with Gasteiger partial charge in [0.05, 0.1) is 25.4 Å². The monoisotopic (exact) mass is 645 g/mol. The number of morpholine rings is 1. The molecule has 6 atom stereocenters. The van der Waals surface area contributed by atoms with Crippen LogP contribution in [0.15, 0.2) is 23.4 Å². The van der Waals surface area contributed by atoms with Gasteiger partial charge < -0.3 is 29.2 Å². The van der Waals surface area contributed by atoms with Gasteiger partial charge >= 0.3 is 0 Å². The molecule has 0 unspecified atom stereocenters. The van der Waals surface area contributed by atoms with Crippen LogP contribution in [0.25, 0.3) is 11.2 Å². The fourth-order valence-corrected chi connectivity index (χ4v) is 7.12. The third-order valence-corrected chi connectivity index (χ3v) is 9.76. The predicted molar refractivity (Wildman–Crippen MR) is 160 cm³/mol. The summed E-state index contributed by atoms with van der Waals surface area (Å²) in [5, 5.41) is 13.1. The Morgan fingerprint density at radius 1 is 1.13 bits per heavy atom. The van der Waals surface area contributed by atoms with Crippen molar-refractivity contribution in [1.82, 2.24) is 29.9 Å². The van der Waals surface area contributed by atoms with Crippen molar-refractivity contribution in [2.24, 2.45) is 0 Å². The van der Waals surface area contributed by atoms with Crippen LogP contribution in [-0.4, -0.2) is 105 Å². The van der Waals surface area contributed by atoms with Gasteiger partial charge in [-0.3, -0.25) is 4.79 Å². The number of nitrogens with zero attached hydrogens (tertiary/aromatic N) is 6. The first-order valence-corrected chi connectivity index (χ1v) is 16.5. The Morgan fingerprint density at radius 3 is 2.71 bits per heavy atom. The molecule has 242 valence electrons. The van der Waals surface area contributed by atoms with E-state index in [9.17, 15) is 13.6 Å². The topological polar surface area (TPSA) is 126 Å². The number of anilines is 1. The van der Waals surface area contributed by atoms with Gasteiger partial charge in [0.2, 0.25) is 5.91 Å². The maximum absolute atomic E-state index is 13.9. The first kappa shape index (κ1) is 30.7. The number of hydrogen-bond donors (Lipinski definition) is 1. The van der Waals surface area contributed by atoms with Crippen molar-refractivity contribution < 1.29 is 32.5 Å². The van der Waals surface area contributed by atoms with E-state index in [1.165, 1.54) is 6.07 Å². The molecular weight excluding hydrogens is 608 g/mol. The zero-order valence-electron chi connectivity index (χ0n) is 25.4. The molecule has 0 bridgehead atoms. The molecule has 4 fully saturated rings. The van der Waals surface area contributed by atoms with Gasteiger partial charge in [-0.15, -0.1) is 5.10 Å². The van der Waals surface area contributed by atoms with Gasteiger partial charge in [0.1, 0.15) is 18.8 Å². The second-order valence-corrected chi connectivity index (χ2v) is 13.4. The van der Waals surface area contributed by atoms with Crippen LogP contribution in [0.4, 0.5) is 14.6 Å². The number of thioether (sulfide) groups is 1. The zero-order valence-corrected chi connectivity index (χ0v) is 26.3. The molecular formula is C30H37F2N7O5S. The molecule has 4 heterocycles. The van der Waals surface area contributed by atoms with Crippen LogP contribution in [0.3, 0.4) is 0 Å². The van der Waals surface area contributed by atoms with E-state index in [-0.39, 0.29) is 30.5 Å². The summed E-state index contributed by atoms with van der Waals surface area (Å²) in [4.78, 5) is 24.2. The summed E-state index contributed by atoms with van der Waals surface area (Å²) in [7, 11) is 0. The average molecular weight is 646 g/mol. The Kier molecular flexibility index (Phi) is 8.40. The fraction of sp³-hybridized carbons (Fsp3) is 0.633. The number of rotatable bonds is 10. The van der Waals surface area contributed by atoms with E-state index in [1.54, 1.807) is 27.4 Å². The average Bonchev–Trinajstić information content (AvgIpc) is 3.36. The lowest BCUT2D eigenvalue weighted by Gasteiger charge is -2.28. The van der Waals surface area contributed by atoms with E-state index in [2.05, 4.69) is 22.6 Å². The molecule has 2 aromatic heterocycles. The molecule has 15 heteroatoms. The van der Waals surface area contributed by atoms with Crippen LogP contribution in [0.5, 0.6) is 0 Å². The van der Waals surface area contributed by atoms with Crippen LogP contribution < -0.4 is 5.32 Å². The quantitative estimate of drug-likeness (QED) is 0.256. The molecule has 2 aliphatic heterocycles. The number of ether oxygens (including phenoxy) is 4. The molecule has 0 radical (unpaired) electrons. The minimum atomic E-state index is -0.860. The van der Waals surface area contributed by atoms with Gasteiger partial charge in [0.15, 0.2) is 39.6 Å². The highest BCUT2D eigenvalue weighted by Crippen LogP contribution is 2.47. The number of benzene rings is 1. The van der Waals surface area contributed by atoms with E-state index < -0.39 is 35.7 Å². The first-order chi connectivity index (χ1) is 21.7. The lowest BCUT2D eigenvalue weighted by molar-refractivity contribution is -0.172. The Morgan fingerprint density at radius 2 is 1.93 bits per heavy atom. The van der Waals surface area contributed by atoms with Gasteiger partial charge in [0, 0.05) is 37.2 Å². The van der Waals surface area contributed by atoms with Crippen molar-refractivity contribution in [3.05, 3.63) is 35.4 Å². The number of hydrogen-bond acceptors (Lipinski definition) is 11. The lowest BCUT2D eigenvalue weighted by atomic mass is 10.1. The smallest absolute Gasteiger partial charge is 0.248 e. The number of halogens is 2. The fourth-order valence-electron chi connectivity index (χ4n) is 6.43. The Labute approximate surface area is 263 Å². The highest BCUT2D eigenvalue weighted by atomic mass is 32.2. The Hall–Kier alpha value is -2.98. The summed E-state index contributed by atoms with van der Waals surface area (Å²) < 4.78 is 53.4. The number of aromatic nitrogens is 5. The maximum atomic E-state index is 13.9. The second-order valence-electron chi connectivity index (χ2n) is 12.4. The molecule has 1 N–H and O–H groups in total. The molecule has 12 nitrogen and oxygen atoms in total. The van der Waals surface area contributed by atoms with Crippen molar-refractivity contribution in [1.29, 1.82) is 0 Å². The standard InChI is InChI=1S/C30H37F2N7O5S/c1-4-11-45-29-34-27(33-20-13-17(20)16-5-6-18(31)19(32)12-16)24-28(35-29)39(37-36-24)21-14-22(26-25(21)43-30(2,3)44-26)42-15-23(40)38-7-9-41-10-8-38/h5-6,12,17,20-22,25-26H,4,7-11,13-15H2,1-3H3,(H,33,34,35)/t17-,20+,21+,22-,25-,26+/m0/s1. The van der Waals surface area contributed by atoms with Crippen molar-refractivity contribution >= 4 is 34.7 Å². The molecule has 2 saturated carbocycles. The minimum absolute atomic E-state index is 0.0202. The highest BCUT2D eigenvalue weighted by Gasteiger charge is 2.56. The third-order valence-electron chi connectivity index (χ3n) is 8.70. The van der Waals surface area contributed by atoms with E-state index in [4.69, 9.17) is 28.9 Å². The highest BCUT2D eigenvalue weighted by molar-refractivity contribution is 7.99. The van der Waals surface area contributed by atoms with Crippen LogP contribution in [0.2, 0.25) is 0 Å². The first-order valence-electron chi connectivity index (χ1n) is 15.5. The van der Waals surface area contributed by atoms with Crippen LogP contribution >= 0.6 is 11.8 Å². The third kappa shape index (κ3) is 6.24. The van der Waals surface area contributed by atoms with Crippen molar-refractivity contribution in [2.45, 2.75) is 87.3 Å². The Bertz CT molecular complexity index is 1570. The van der Waals surface area contributed by atoms with Crippen molar-refractivity contribution in [2.75, 3.05) is 44.0 Å². The molecule has 1 aromatic carbocycles. The molecule has 3 aromatic rings. The molecule has 4 aliphatic rings. The molecule has 2 saturated heterocycles. The molecule has 7 rings (SSSR count). The van der Waals surface area contributed by atoms with Gasteiger partial charge in [-0.1, -0.05) is 30.0 Å². The maximum Gasteiger partial charge on any atom is 0.248 e. The number of fused-ring (bicyclic) bond motifs is 2. The Balaban J connectivity index is 1.14. The predicted octanol–water partition coefficient (Wildman–Crippen LogP) is 3.68. The van der Waals surface area contributed by atoms with E-state index >= 15 is 0 Å². The van der Waals surface area contributed by atoms with Gasteiger partial charge in [0.25, 0.3) is 0 Å². The van der Waals surface area contributed by atoms with Gasteiger partial charge in [-0.05, 0) is 44.4 Å². The molecule has 0 spiro atoms. The van der Waals surface area contributed by atoms with Gasteiger partial charge in [-0.25, -0.2) is 23.4 Å². The largest absolute Gasteiger partial charge is 0.378 e. The summed E-state index contributed by atoms with van der Waals surface area (Å²) in [5.41, 5.74) is 1.80. The second kappa shape index (κ2) is 12.3. The summed E-state index contributed by atoms with van der Waals surface area (Å²) >= 11 is 1.54. The molecule has 2 aliphatic carbocycles. The van der Waals surface area contributed by atoms with Crippen molar-refractivity contribution in [3.8, 4) is 0 Å².